The molecule has 2 heterocycles. The van der Waals surface area contributed by atoms with E-state index in [0.29, 0.717) is 19.3 Å². The molecule has 0 aromatic carbocycles. The number of rotatable bonds is 39. The standard InChI is InChI=1S/C53H90O15/c1-3-5-7-9-11-13-15-17-19-20-22-24-26-28-30-32-34-36-45(56)66-41(38-63-44(55)35-33-31-29-27-25-23-21-18-16-14-12-10-8-6-4-2)39-64-52-51(62)49(60)47(58)43(68-52)40-65-53-50(61)48(59)46(57)42(37-54)67-53/h12,14,18,21-22,24-25,27-28,30,41-43,46-54,57-62H,3-11,13,15-17,19-20,23,26,29,31-40H2,1-2H3/b14-12+,21-18+,24-22+,27-25+,30-28+/t41-,42+,43+,46-,47-,48?,49?,50?,51?,52+,53+/m1/s1. The van der Waals surface area contributed by atoms with Crippen LogP contribution in [-0.4, -0.2) is 142 Å². The van der Waals surface area contributed by atoms with Crippen molar-refractivity contribution < 1.29 is 73.8 Å². The molecule has 2 fully saturated rings. The molecule has 4 unspecified atom stereocenters. The molecule has 2 rings (SSSR count). The van der Waals surface area contributed by atoms with Crippen LogP contribution in [0.3, 0.4) is 0 Å². The van der Waals surface area contributed by atoms with Gasteiger partial charge in [-0.1, -0.05) is 139 Å². The van der Waals surface area contributed by atoms with E-state index in [-0.39, 0.29) is 19.4 Å². The number of allylic oxidation sites excluding steroid dienone is 10. The first-order chi connectivity index (χ1) is 33.0. The van der Waals surface area contributed by atoms with Crippen LogP contribution >= 0.6 is 0 Å². The summed E-state index contributed by atoms with van der Waals surface area (Å²) in [5.41, 5.74) is 0. The Labute approximate surface area is 407 Å². The van der Waals surface area contributed by atoms with Crippen LogP contribution in [0.25, 0.3) is 0 Å². The highest BCUT2D eigenvalue weighted by molar-refractivity contribution is 5.70. The fraction of sp³-hybridized carbons (Fsp3) is 0.774. The van der Waals surface area contributed by atoms with Crippen LogP contribution in [0.1, 0.15) is 168 Å². The summed E-state index contributed by atoms with van der Waals surface area (Å²) in [5, 5.41) is 72.1. The van der Waals surface area contributed by atoms with E-state index < -0.39 is 99.3 Å². The van der Waals surface area contributed by atoms with Crippen molar-refractivity contribution in [1.29, 1.82) is 0 Å². The summed E-state index contributed by atoms with van der Waals surface area (Å²) in [6.07, 6.45) is 28.3. The van der Waals surface area contributed by atoms with Gasteiger partial charge in [-0.3, -0.25) is 9.59 Å². The third-order valence-electron chi connectivity index (χ3n) is 12.0. The maximum absolute atomic E-state index is 13.0. The number of hydrogen-bond acceptors (Lipinski definition) is 15. The van der Waals surface area contributed by atoms with Crippen LogP contribution in [0.15, 0.2) is 60.8 Å². The molecule has 7 N–H and O–H groups in total. The predicted molar refractivity (Wildman–Crippen MR) is 261 cm³/mol. The smallest absolute Gasteiger partial charge is 0.306 e. The second-order valence-electron chi connectivity index (χ2n) is 18.0. The number of aliphatic hydroxyl groups is 7. The van der Waals surface area contributed by atoms with Crippen LogP contribution in [0.2, 0.25) is 0 Å². The van der Waals surface area contributed by atoms with Crippen molar-refractivity contribution >= 4 is 11.9 Å². The second-order valence-corrected chi connectivity index (χ2v) is 18.0. The minimum Gasteiger partial charge on any atom is -0.462 e. The van der Waals surface area contributed by atoms with Gasteiger partial charge in [0.2, 0.25) is 0 Å². The van der Waals surface area contributed by atoms with Crippen LogP contribution in [0.5, 0.6) is 0 Å². The van der Waals surface area contributed by atoms with Crippen LogP contribution < -0.4 is 0 Å². The summed E-state index contributed by atoms with van der Waals surface area (Å²) < 4.78 is 33.5. The molecule has 0 saturated carbocycles. The summed E-state index contributed by atoms with van der Waals surface area (Å²) in [6, 6.07) is 0. The normalized spacial score (nSPS) is 26.2. The third-order valence-corrected chi connectivity index (χ3v) is 12.0. The fourth-order valence-corrected chi connectivity index (χ4v) is 7.67. The number of hydrogen-bond donors (Lipinski definition) is 7. The number of aliphatic hydroxyl groups excluding tert-OH is 7. The first-order valence-corrected chi connectivity index (χ1v) is 25.9. The monoisotopic (exact) mass is 967 g/mol. The fourth-order valence-electron chi connectivity index (χ4n) is 7.67. The van der Waals surface area contributed by atoms with Crippen molar-refractivity contribution in [3.63, 3.8) is 0 Å². The lowest BCUT2D eigenvalue weighted by atomic mass is 9.98. The van der Waals surface area contributed by atoms with Crippen molar-refractivity contribution in [2.45, 2.75) is 235 Å². The lowest BCUT2D eigenvalue weighted by Crippen LogP contribution is -2.61. The van der Waals surface area contributed by atoms with E-state index in [4.69, 9.17) is 28.4 Å². The molecular weight excluding hydrogens is 877 g/mol. The Morgan fingerprint density at radius 2 is 0.897 bits per heavy atom. The summed E-state index contributed by atoms with van der Waals surface area (Å²) in [7, 11) is 0. The Bertz CT molecular complexity index is 1420. The number of carbonyl (C=O) groups excluding carboxylic acids is 2. The molecule has 0 aromatic heterocycles. The van der Waals surface area contributed by atoms with Crippen molar-refractivity contribution in [3.8, 4) is 0 Å². The molecule has 2 aliphatic heterocycles. The minimum atomic E-state index is -1.78. The Morgan fingerprint density at radius 1 is 0.471 bits per heavy atom. The molecule has 0 aliphatic carbocycles. The molecule has 0 amide bonds. The number of esters is 2. The third kappa shape index (κ3) is 27.6. The van der Waals surface area contributed by atoms with Crippen LogP contribution in [0.4, 0.5) is 0 Å². The van der Waals surface area contributed by atoms with Gasteiger partial charge in [-0.2, -0.15) is 0 Å². The molecule has 0 spiro atoms. The van der Waals surface area contributed by atoms with E-state index in [2.05, 4.69) is 68.5 Å². The van der Waals surface area contributed by atoms with Gasteiger partial charge in [0, 0.05) is 12.8 Å². The molecule has 2 aliphatic rings. The highest BCUT2D eigenvalue weighted by Gasteiger charge is 2.47. The van der Waals surface area contributed by atoms with Gasteiger partial charge < -0.3 is 64.2 Å². The van der Waals surface area contributed by atoms with E-state index in [1.165, 1.54) is 77.0 Å². The average Bonchev–Trinajstić information content (AvgIpc) is 3.33. The zero-order valence-corrected chi connectivity index (χ0v) is 41.3. The summed E-state index contributed by atoms with van der Waals surface area (Å²) >= 11 is 0. The second kappa shape index (κ2) is 39.9. The number of unbranched alkanes of at least 4 members (excludes halogenated alkanes) is 15. The molecule has 0 aromatic rings. The molecule has 68 heavy (non-hydrogen) atoms. The van der Waals surface area contributed by atoms with E-state index >= 15 is 0 Å². The van der Waals surface area contributed by atoms with Gasteiger partial charge in [-0.25, -0.2) is 0 Å². The van der Waals surface area contributed by atoms with Crippen molar-refractivity contribution in [1.82, 2.24) is 0 Å². The van der Waals surface area contributed by atoms with E-state index in [1.807, 2.05) is 6.08 Å². The summed E-state index contributed by atoms with van der Waals surface area (Å²) in [5.74, 6) is -1.03. The van der Waals surface area contributed by atoms with Gasteiger partial charge in [0.1, 0.15) is 55.4 Å². The highest BCUT2D eigenvalue weighted by atomic mass is 16.7. The quantitative estimate of drug-likeness (QED) is 0.0183. The molecule has 392 valence electrons. The molecule has 0 bridgehead atoms. The van der Waals surface area contributed by atoms with E-state index in [0.717, 1.165) is 44.9 Å². The van der Waals surface area contributed by atoms with Gasteiger partial charge in [-0.05, 0) is 77.0 Å². The molecule has 11 atom stereocenters. The Balaban J connectivity index is 1.85. The Kier molecular flexibility index (Phi) is 36.0. The molecule has 15 nitrogen and oxygen atoms in total. The summed E-state index contributed by atoms with van der Waals surface area (Å²) in [4.78, 5) is 25.7. The first kappa shape index (κ1) is 61.3. The Hall–Kier alpha value is -2.80. The SMILES string of the molecule is CCCCC/C=C/C/C=C/C/C=C/CCCCC(=O)OC[C@H](CO[C@H]1O[C@@H](CO[C@H]2O[C@@H](CO)[C@@H](O)C(O)C2O)[C@@H](O)C(O)C1O)OC(=O)CCC/C=C/C/C=C/CCCCCCCCCCC. The van der Waals surface area contributed by atoms with Crippen LogP contribution in [-0.2, 0) is 38.0 Å². The highest BCUT2D eigenvalue weighted by Crippen LogP contribution is 2.26. The molecule has 2 saturated heterocycles. The average molecular weight is 967 g/mol. The zero-order chi connectivity index (χ0) is 49.6. The van der Waals surface area contributed by atoms with Gasteiger partial charge in [0.25, 0.3) is 0 Å². The number of ether oxygens (including phenoxy) is 6. The van der Waals surface area contributed by atoms with E-state index in [1.54, 1.807) is 0 Å². The lowest BCUT2D eigenvalue weighted by Gasteiger charge is -2.42. The van der Waals surface area contributed by atoms with Gasteiger partial charge in [-0.15, -0.1) is 0 Å². The van der Waals surface area contributed by atoms with E-state index in [9.17, 15) is 45.3 Å². The predicted octanol–water partition coefficient (Wildman–Crippen LogP) is 7.27. The van der Waals surface area contributed by atoms with Crippen molar-refractivity contribution in [2.24, 2.45) is 0 Å². The topological polar surface area (TPSA) is 231 Å². The maximum Gasteiger partial charge on any atom is 0.306 e. The lowest BCUT2D eigenvalue weighted by molar-refractivity contribution is -0.332. The van der Waals surface area contributed by atoms with Gasteiger partial charge in [0.15, 0.2) is 18.7 Å². The summed E-state index contributed by atoms with van der Waals surface area (Å²) in [6.45, 7) is 2.47. The maximum atomic E-state index is 13.0. The van der Waals surface area contributed by atoms with Crippen molar-refractivity contribution in [3.05, 3.63) is 60.8 Å². The minimum absolute atomic E-state index is 0.0908. The zero-order valence-electron chi connectivity index (χ0n) is 41.3. The van der Waals surface area contributed by atoms with Crippen LogP contribution in [0, 0.1) is 0 Å². The van der Waals surface area contributed by atoms with Crippen molar-refractivity contribution in [2.75, 3.05) is 26.4 Å². The largest absolute Gasteiger partial charge is 0.462 e. The first-order valence-electron chi connectivity index (χ1n) is 25.9. The molecule has 15 heteroatoms. The molecular formula is C53H90O15. The Morgan fingerprint density at radius 3 is 1.46 bits per heavy atom. The number of carbonyl (C=O) groups is 2. The van der Waals surface area contributed by atoms with Gasteiger partial charge in [0.05, 0.1) is 19.8 Å². The van der Waals surface area contributed by atoms with Gasteiger partial charge >= 0.3 is 11.9 Å². The molecule has 0 radical (unpaired) electrons.